The Labute approximate surface area is 117 Å². The zero-order chi connectivity index (χ0) is 14.8. The van der Waals surface area contributed by atoms with Crippen molar-refractivity contribution in [1.82, 2.24) is 0 Å². The van der Waals surface area contributed by atoms with Gasteiger partial charge in [0, 0.05) is 5.69 Å². The van der Waals surface area contributed by atoms with Crippen molar-refractivity contribution >= 4 is 28.6 Å². The molecule has 0 aliphatic carbocycles. The van der Waals surface area contributed by atoms with Crippen LogP contribution in [0.1, 0.15) is 11.1 Å². The summed E-state index contributed by atoms with van der Waals surface area (Å²) in [4.78, 5) is 11.7. The molecule has 106 valence electrons. The number of carbonyl (C=O) groups is 1. The van der Waals surface area contributed by atoms with Crippen LogP contribution in [0, 0.1) is 0 Å². The lowest BCUT2D eigenvalue weighted by Crippen LogP contribution is -2.18. The van der Waals surface area contributed by atoms with E-state index in [0.717, 1.165) is 17.7 Å². The average Bonchev–Trinajstić information content (AvgIpc) is 2.82. The zero-order valence-corrected chi connectivity index (χ0v) is 11.0. The summed E-state index contributed by atoms with van der Waals surface area (Å²) in [6, 6.07) is 5.03. The third kappa shape index (κ3) is 3.51. The maximum Gasteiger partial charge on any atom is 0.418 e. The highest BCUT2D eigenvalue weighted by atomic mass is 32.1. The second-order valence-electron chi connectivity index (χ2n) is 4.16. The van der Waals surface area contributed by atoms with Crippen LogP contribution >= 0.6 is 11.3 Å². The van der Waals surface area contributed by atoms with Crippen LogP contribution in [0.4, 0.5) is 24.5 Å². The standard InChI is InChI=1S/C13H11F3N2OS/c14-13(15,16)10-6-9(17)1-2-11(10)18-12(19)5-8-3-4-20-7-8/h1-4,6-7H,5,17H2,(H,18,19). The second-order valence-corrected chi connectivity index (χ2v) is 4.94. The highest BCUT2D eigenvalue weighted by Crippen LogP contribution is 2.36. The van der Waals surface area contributed by atoms with Gasteiger partial charge in [0.05, 0.1) is 17.7 Å². The van der Waals surface area contributed by atoms with E-state index >= 15 is 0 Å². The van der Waals surface area contributed by atoms with E-state index in [1.807, 2.05) is 0 Å². The number of benzene rings is 1. The molecular weight excluding hydrogens is 289 g/mol. The molecule has 1 amide bonds. The summed E-state index contributed by atoms with van der Waals surface area (Å²) >= 11 is 1.42. The number of carbonyl (C=O) groups excluding carboxylic acids is 1. The lowest BCUT2D eigenvalue weighted by Gasteiger charge is -2.14. The van der Waals surface area contributed by atoms with Gasteiger partial charge in [-0.15, -0.1) is 0 Å². The highest BCUT2D eigenvalue weighted by Gasteiger charge is 2.34. The van der Waals surface area contributed by atoms with Crippen LogP contribution in [-0.4, -0.2) is 5.91 Å². The lowest BCUT2D eigenvalue weighted by molar-refractivity contribution is -0.136. The fourth-order valence-electron chi connectivity index (χ4n) is 1.68. The summed E-state index contributed by atoms with van der Waals surface area (Å²) in [5.41, 5.74) is 4.87. The Balaban J connectivity index is 2.19. The third-order valence-electron chi connectivity index (χ3n) is 2.57. The SMILES string of the molecule is Nc1ccc(NC(=O)Cc2ccsc2)c(C(F)(F)F)c1. The molecule has 0 aliphatic rings. The van der Waals surface area contributed by atoms with E-state index in [2.05, 4.69) is 5.32 Å². The number of alkyl halides is 3. The molecule has 0 spiro atoms. The molecule has 0 bridgehead atoms. The average molecular weight is 300 g/mol. The minimum absolute atomic E-state index is 0.00633. The first-order valence-corrected chi connectivity index (χ1v) is 6.58. The Morgan fingerprint density at radius 1 is 1.30 bits per heavy atom. The van der Waals surface area contributed by atoms with Crippen molar-refractivity contribution in [2.45, 2.75) is 12.6 Å². The quantitative estimate of drug-likeness (QED) is 0.852. The Bertz CT molecular complexity index is 609. The van der Waals surface area contributed by atoms with Gasteiger partial charge >= 0.3 is 6.18 Å². The van der Waals surface area contributed by atoms with Gasteiger partial charge in [-0.05, 0) is 40.6 Å². The molecule has 0 unspecified atom stereocenters. The van der Waals surface area contributed by atoms with Crippen molar-refractivity contribution in [1.29, 1.82) is 0 Å². The number of halogens is 3. The molecule has 2 rings (SSSR count). The fourth-order valence-corrected chi connectivity index (χ4v) is 2.35. The number of thiophene rings is 1. The van der Waals surface area contributed by atoms with Gasteiger partial charge in [0.15, 0.2) is 0 Å². The van der Waals surface area contributed by atoms with Gasteiger partial charge in [-0.2, -0.15) is 24.5 Å². The highest BCUT2D eigenvalue weighted by molar-refractivity contribution is 7.08. The Morgan fingerprint density at radius 2 is 2.05 bits per heavy atom. The number of hydrogen-bond donors (Lipinski definition) is 2. The summed E-state index contributed by atoms with van der Waals surface area (Å²) < 4.78 is 38.6. The van der Waals surface area contributed by atoms with Crippen LogP contribution in [0.3, 0.4) is 0 Å². The largest absolute Gasteiger partial charge is 0.418 e. The summed E-state index contributed by atoms with van der Waals surface area (Å²) in [5, 5.41) is 5.84. The second kappa shape index (κ2) is 5.54. The predicted molar refractivity (Wildman–Crippen MR) is 72.5 cm³/mol. The number of nitrogens with one attached hydrogen (secondary N) is 1. The summed E-state index contributed by atoms with van der Waals surface area (Å²) in [5.74, 6) is -0.501. The van der Waals surface area contributed by atoms with E-state index < -0.39 is 17.6 Å². The maximum absolute atomic E-state index is 12.9. The van der Waals surface area contributed by atoms with Crippen LogP contribution in [0.5, 0.6) is 0 Å². The van der Waals surface area contributed by atoms with Crippen LogP contribution in [0.25, 0.3) is 0 Å². The minimum Gasteiger partial charge on any atom is -0.399 e. The number of rotatable bonds is 3. The molecule has 0 radical (unpaired) electrons. The molecule has 3 nitrogen and oxygen atoms in total. The first kappa shape index (κ1) is 14.4. The molecule has 0 aliphatic heterocycles. The summed E-state index contributed by atoms with van der Waals surface area (Å²) in [7, 11) is 0. The number of anilines is 2. The molecule has 7 heteroatoms. The van der Waals surface area contributed by atoms with Gasteiger partial charge in [0.1, 0.15) is 0 Å². The number of amides is 1. The molecular formula is C13H11F3N2OS. The van der Waals surface area contributed by atoms with E-state index in [9.17, 15) is 18.0 Å². The summed E-state index contributed by atoms with van der Waals surface area (Å²) in [6.07, 6.45) is -4.54. The molecule has 0 saturated carbocycles. The van der Waals surface area contributed by atoms with Crippen molar-refractivity contribution in [3.05, 3.63) is 46.2 Å². The van der Waals surface area contributed by atoms with E-state index in [4.69, 9.17) is 5.73 Å². The molecule has 0 atom stereocenters. The first-order chi connectivity index (χ1) is 9.36. The molecule has 1 heterocycles. The van der Waals surface area contributed by atoms with Gasteiger partial charge in [0.2, 0.25) is 5.91 Å². The molecule has 0 saturated heterocycles. The maximum atomic E-state index is 12.9. The molecule has 2 aromatic rings. The van der Waals surface area contributed by atoms with Crippen LogP contribution in [0.15, 0.2) is 35.0 Å². The lowest BCUT2D eigenvalue weighted by atomic mass is 10.1. The van der Waals surface area contributed by atoms with Crippen LogP contribution in [-0.2, 0) is 17.4 Å². The molecule has 1 aromatic heterocycles. The third-order valence-corrected chi connectivity index (χ3v) is 3.30. The Hall–Kier alpha value is -2.02. The van der Waals surface area contributed by atoms with E-state index in [0.29, 0.717) is 0 Å². The Morgan fingerprint density at radius 3 is 2.65 bits per heavy atom. The topological polar surface area (TPSA) is 55.1 Å². The van der Waals surface area contributed by atoms with Gasteiger partial charge < -0.3 is 11.1 Å². The van der Waals surface area contributed by atoms with Gasteiger partial charge in [-0.3, -0.25) is 4.79 Å². The van der Waals surface area contributed by atoms with Crippen LogP contribution in [0.2, 0.25) is 0 Å². The van der Waals surface area contributed by atoms with Crippen LogP contribution < -0.4 is 11.1 Å². The fraction of sp³-hybridized carbons (Fsp3) is 0.154. The van der Waals surface area contributed by atoms with Crippen molar-refractivity contribution in [3.8, 4) is 0 Å². The minimum atomic E-state index is -4.57. The van der Waals surface area contributed by atoms with E-state index in [1.165, 1.54) is 17.4 Å². The normalized spacial score (nSPS) is 11.3. The van der Waals surface area contributed by atoms with Crippen molar-refractivity contribution in [3.63, 3.8) is 0 Å². The zero-order valence-electron chi connectivity index (χ0n) is 10.2. The number of hydrogen-bond acceptors (Lipinski definition) is 3. The number of nitrogen functional groups attached to an aromatic ring is 1. The molecule has 0 fully saturated rings. The Kier molecular flexibility index (Phi) is 3.99. The van der Waals surface area contributed by atoms with Crippen molar-refractivity contribution < 1.29 is 18.0 Å². The predicted octanol–water partition coefficient (Wildman–Crippen LogP) is 3.53. The van der Waals surface area contributed by atoms with Gasteiger partial charge in [-0.25, -0.2) is 0 Å². The smallest absolute Gasteiger partial charge is 0.399 e. The monoisotopic (exact) mass is 300 g/mol. The first-order valence-electron chi connectivity index (χ1n) is 5.64. The van der Waals surface area contributed by atoms with E-state index in [-0.39, 0.29) is 17.8 Å². The van der Waals surface area contributed by atoms with E-state index in [1.54, 1.807) is 16.8 Å². The van der Waals surface area contributed by atoms with Crippen molar-refractivity contribution in [2.24, 2.45) is 0 Å². The molecule has 1 aromatic carbocycles. The van der Waals surface area contributed by atoms with Gasteiger partial charge in [0.25, 0.3) is 0 Å². The molecule has 20 heavy (non-hydrogen) atoms. The molecule has 3 N–H and O–H groups in total. The van der Waals surface area contributed by atoms with Gasteiger partial charge in [-0.1, -0.05) is 0 Å². The van der Waals surface area contributed by atoms with Crippen molar-refractivity contribution in [2.75, 3.05) is 11.1 Å². The summed E-state index contributed by atoms with van der Waals surface area (Å²) in [6.45, 7) is 0. The number of nitrogens with two attached hydrogens (primary N) is 1.